The predicted octanol–water partition coefficient (Wildman–Crippen LogP) is 4.05. The summed E-state index contributed by atoms with van der Waals surface area (Å²) in [6, 6.07) is 5.18. The standard InChI is InChI=1S/C22H34N2O5/c1-21(2,3)29-20(26)24-22(13-8-6-7-9-14-22)15-23-19(25)16-11-10-12-17(27-4)18(16)28-5/h10-12H,6-9,13-15H2,1-5H3,(H,23,25)(H,24,26). The lowest BCUT2D eigenvalue weighted by atomic mass is 9.90. The lowest BCUT2D eigenvalue weighted by molar-refractivity contribution is 0.0437. The van der Waals surface area contributed by atoms with E-state index in [1.807, 2.05) is 20.8 Å². The first kappa shape index (κ1) is 22.8. The zero-order valence-electron chi connectivity index (χ0n) is 18.2. The van der Waals surface area contributed by atoms with Crippen LogP contribution >= 0.6 is 0 Å². The second kappa shape index (κ2) is 9.85. The lowest BCUT2D eigenvalue weighted by Crippen LogP contribution is -2.56. The summed E-state index contributed by atoms with van der Waals surface area (Å²) >= 11 is 0. The first-order chi connectivity index (χ1) is 13.7. The molecule has 2 amide bonds. The van der Waals surface area contributed by atoms with Crippen molar-refractivity contribution in [1.29, 1.82) is 0 Å². The minimum Gasteiger partial charge on any atom is -0.493 e. The number of benzene rings is 1. The third kappa shape index (κ3) is 6.54. The molecule has 0 bridgehead atoms. The van der Waals surface area contributed by atoms with Crippen molar-refractivity contribution < 1.29 is 23.8 Å². The number of carbonyl (C=O) groups is 2. The molecule has 0 aromatic heterocycles. The maximum Gasteiger partial charge on any atom is 0.408 e. The fourth-order valence-corrected chi connectivity index (χ4v) is 3.68. The summed E-state index contributed by atoms with van der Waals surface area (Å²) in [5.74, 6) is 0.620. The normalized spacial score (nSPS) is 16.3. The summed E-state index contributed by atoms with van der Waals surface area (Å²) in [5.41, 5.74) is -0.707. The summed E-state index contributed by atoms with van der Waals surface area (Å²) in [6.07, 6.45) is 5.36. The van der Waals surface area contributed by atoms with Crippen LogP contribution in [0.5, 0.6) is 11.5 Å². The second-order valence-electron chi connectivity index (χ2n) is 8.55. The van der Waals surface area contributed by atoms with Gasteiger partial charge in [0, 0.05) is 6.54 Å². The van der Waals surface area contributed by atoms with Crippen LogP contribution in [-0.2, 0) is 4.74 Å². The number of carbonyl (C=O) groups excluding carboxylic acids is 2. The SMILES string of the molecule is COc1cccc(C(=O)NCC2(NC(=O)OC(C)(C)C)CCCCCC2)c1OC. The topological polar surface area (TPSA) is 85.9 Å². The molecule has 0 heterocycles. The molecule has 1 fully saturated rings. The van der Waals surface area contributed by atoms with Gasteiger partial charge in [0.25, 0.3) is 5.91 Å². The summed E-state index contributed by atoms with van der Waals surface area (Å²) in [7, 11) is 3.04. The number of para-hydroxylation sites is 1. The summed E-state index contributed by atoms with van der Waals surface area (Å²) < 4.78 is 16.1. The van der Waals surface area contributed by atoms with Crippen LogP contribution in [0.25, 0.3) is 0 Å². The summed E-state index contributed by atoms with van der Waals surface area (Å²) in [4.78, 5) is 25.3. The number of amides is 2. The quantitative estimate of drug-likeness (QED) is 0.696. The third-order valence-electron chi connectivity index (χ3n) is 5.06. The van der Waals surface area contributed by atoms with Crippen molar-refractivity contribution in [3.8, 4) is 11.5 Å². The Bertz CT molecular complexity index is 704. The fourth-order valence-electron chi connectivity index (χ4n) is 3.68. The van der Waals surface area contributed by atoms with Gasteiger partial charge < -0.3 is 24.8 Å². The van der Waals surface area contributed by atoms with Crippen LogP contribution in [0.3, 0.4) is 0 Å². The Labute approximate surface area is 173 Å². The molecular formula is C22H34N2O5. The van der Waals surface area contributed by atoms with Crippen molar-refractivity contribution in [2.75, 3.05) is 20.8 Å². The third-order valence-corrected chi connectivity index (χ3v) is 5.06. The van der Waals surface area contributed by atoms with Crippen LogP contribution in [0, 0.1) is 0 Å². The van der Waals surface area contributed by atoms with Crippen molar-refractivity contribution in [3.63, 3.8) is 0 Å². The maximum atomic E-state index is 12.9. The number of nitrogens with one attached hydrogen (secondary N) is 2. The molecule has 1 aromatic carbocycles. The van der Waals surface area contributed by atoms with E-state index in [4.69, 9.17) is 14.2 Å². The largest absolute Gasteiger partial charge is 0.493 e. The molecule has 0 atom stereocenters. The molecule has 7 nitrogen and oxygen atoms in total. The molecular weight excluding hydrogens is 372 g/mol. The van der Waals surface area contributed by atoms with Crippen LogP contribution in [-0.4, -0.2) is 43.9 Å². The minimum absolute atomic E-state index is 0.268. The Balaban J connectivity index is 2.15. The number of ether oxygens (including phenoxy) is 3. The van der Waals surface area contributed by atoms with Crippen LogP contribution in [0.1, 0.15) is 69.7 Å². The van der Waals surface area contributed by atoms with Gasteiger partial charge in [-0.15, -0.1) is 0 Å². The number of rotatable bonds is 6. The van der Waals surface area contributed by atoms with Crippen LogP contribution in [0.15, 0.2) is 18.2 Å². The predicted molar refractivity (Wildman–Crippen MR) is 112 cm³/mol. The van der Waals surface area contributed by atoms with Crippen LogP contribution < -0.4 is 20.1 Å². The molecule has 1 saturated carbocycles. The number of methoxy groups -OCH3 is 2. The van der Waals surface area contributed by atoms with Gasteiger partial charge in [-0.05, 0) is 45.7 Å². The zero-order valence-corrected chi connectivity index (χ0v) is 18.2. The highest BCUT2D eigenvalue weighted by atomic mass is 16.6. The van der Waals surface area contributed by atoms with Crippen molar-refractivity contribution in [3.05, 3.63) is 23.8 Å². The maximum absolute atomic E-state index is 12.9. The van der Waals surface area contributed by atoms with Crippen molar-refractivity contribution in [2.45, 2.75) is 70.4 Å². The molecule has 2 rings (SSSR count). The molecule has 0 saturated heterocycles. The van der Waals surface area contributed by atoms with Crippen molar-refractivity contribution >= 4 is 12.0 Å². The molecule has 0 radical (unpaired) electrons. The molecule has 1 aliphatic rings. The van der Waals surface area contributed by atoms with E-state index in [1.165, 1.54) is 14.2 Å². The highest BCUT2D eigenvalue weighted by Gasteiger charge is 2.35. The highest BCUT2D eigenvalue weighted by Crippen LogP contribution is 2.31. The van der Waals surface area contributed by atoms with E-state index in [9.17, 15) is 9.59 Å². The summed E-state index contributed by atoms with van der Waals surface area (Å²) in [5, 5.41) is 6.04. The van der Waals surface area contributed by atoms with Gasteiger partial charge in [-0.25, -0.2) is 4.79 Å². The van der Waals surface area contributed by atoms with Crippen molar-refractivity contribution in [1.82, 2.24) is 10.6 Å². The number of hydrogen-bond donors (Lipinski definition) is 2. The van der Waals surface area contributed by atoms with E-state index in [1.54, 1.807) is 18.2 Å². The molecule has 2 N–H and O–H groups in total. The van der Waals surface area contributed by atoms with Gasteiger partial charge in [-0.3, -0.25) is 4.79 Å². The Kier molecular flexibility index (Phi) is 7.76. The first-order valence-electron chi connectivity index (χ1n) is 10.2. The Morgan fingerprint density at radius 3 is 2.24 bits per heavy atom. The van der Waals surface area contributed by atoms with Gasteiger partial charge in [-0.1, -0.05) is 31.7 Å². The zero-order chi connectivity index (χ0) is 21.5. The molecule has 0 aliphatic heterocycles. The molecule has 29 heavy (non-hydrogen) atoms. The lowest BCUT2D eigenvalue weighted by Gasteiger charge is -2.35. The highest BCUT2D eigenvalue weighted by molar-refractivity contribution is 5.97. The number of alkyl carbamates (subject to hydrolysis) is 1. The van der Waals surface area contributed by atoms with E-state index in [-0.39, 0.29) is 5.91 Å². The average molecular weight is 407 g/mol. The average Bonchev–Trinajstić information content (AvgIpc) is 2.89. The molecule has 0 spiro atoms. The smallest absolute Gasteiger partial charge is 0.408 e. The van der Waals surface area contributed by atoms with E-state index < -0.39 is 17.2 Å². The van der Waals surface area contributed by atoms with Gasteiger partial charge in [-0.2, -0.15) is 0 Å². The van der Waals surface area contributed by atoms with Gasteiger partial charge >= 0.3 is 6.09 Å². The van der Waals surface area contributed by atoms with E-state index in [0.717, 1.165) is 38.5 Å². The molecule has 7 heteroatoms. The Morgan fingerprint density at radius 1 is 1.03 bits per heavy atom. The van der Waals surface area contributed by atoms with Crippen LogP contribution in [0.2, 0.25) is 0 Å². The molecule has 1 aliphatic carbocycles. The fraction of sp³-hybridized carbons (Fsp3) is 0.636. The first-order valence-corrected chi connectivity index (χ1v) is 10.2. The monoisotopic (exact) mass is 406 g/mol. The molecule has 1 aromatic rings. The molecule has 162 valence electrons. The number of hydrogen-bond acceptors (Lipinski definition) is 5. The van der Waals surface area contributed by atoms with Crippen molar-refractivity contribution in [2.24, 2.45) is 0 Å². The second-order valence-corrected chi connectivity index (χ2v) is 8.55. The van der Waals surface area contributed by atoms with E-state index in [2.05, 4.69) is 10.6 Å². The minimum atomic E-state index is -0.576. The van der Waals surface area contributed by atoms with Crippen LogP contribution in [0.4, 0.5) is 4.79 Å². The van der Waals surface area contributed by atoms with E-state index >= 15 is 0 Å². The summed E-state index contributed by atoms with van der Waals surface area (Å²) in [6.45, 7) is 5.83. The van der Waals surface area contributed by atoms with Gasteiger partial charge in [0.15, 0.2) is 11.5 Å². The van der Waals surface area contributed by atoms with Gasteiger partial charge in [0.2, 0.25) is 0 Å². The van der Waals surface area contributed by atoms with E-state index in [0.29, 0.717) is 23.6 Å². The van der Waals surface area contributed by atoms with Gasteiger partial charge in [0.1, 0.15) is 5.60 Å². The molecule has 0 unspecified atom stereocenters. The Hall–Kier alpha value is -2.44. The van der Waals surface area contributed by atoms with Gasteiger partial charge in [0.05, 0.1) is 25.3 Å². The Morgan fingerprint density at radius 2 is 1.69 bits per heavy atom.